The van der Waals surface area contributed by atoms with Gasteiger partial charge in [0.1, 0.15) is 17.6 Å². The highest BCUT2D eigenvalue weighted by Gasteiger charge is 2.37. The first kappa shape index (κ1) is 23.8. The molecule has 10 nitrogen and oxygen atoms in total. The number of alkyl halides is 1. The number of carbonyl (C=O) groups is 1. The van der Waals surface area contributed by atoms with Crippen molar-refractivity contribution >= 4 is 32.3 Å². The molecule has 5 rings (SSSR count). The first-order chi connectivity index (χ1) is 17.2. The van der Waals surface area contributed by atoms with Crippen molar-refractivity contribution in [3.8, 4) is 23.0 Å². The quantitative estimate of drug-likeness (QED) is 0.397. The number of ketones is 1. The number of carbonyl (C=O) groups excluding carboxylic acids is 1. The molecule has 0 amide bonds. The van der Waals surface area contributed by atoms with Gasteiger partial charge in [-0.1, -0.05) is 6.92 Å². The van der Waals surface area contributed by atoms with Crippen molar-refractivity contribution in [2.75, 3.05) is 17.2 Å². The molecule has 0 radical (unpaired) electrons. The van der Waals surface area contributed by atoms with Crippen LogP contribution in [0.4, 0.5) is 10.1 Å². The normalized spacial score (nSPS) is 18.0. The minimum absolute atomic E-state index is 0.0310. The average molecular weight is 511 g/mol. The second kappa shape index (κ2) is 9.26. The van der Waals surface area contributed by atoms with Crippen LogP contribution in [-0.2, 0) is 14.6 Å². The summed E-state index contributed by atoms with van der Waals surface area (Å²) in [6, 6.07) is 5.68. The third kappa shape index (κ3) is 4.51. The number of halogens is 1. The van der Waals surface area contributed by atoms with Crippen LogP contribution in [-0.4, -0.2) is 63.6 Å². The number of benzene rings is 1. The number of nitrogens with zero attached hydrogens (tertiary/aromatic N) is 5. The predicted molar refractivity (Wildman–Crippen MR) is 130 cm³/mol. The van der Waals surface area contributed by atoms with Gasteiger partial charge in [-0.25, -0.2) is 27.8 Å². The van der Waals surface area contributed by atoms with E-state index in [1.165, 1.54) is 25.3 Å². The summed E-state index contributed by atoms with van der Waals surface area (Å²) in [7, 11) is -3.46. The van der Waals surface area contributed by atoms with Crippen LogP contribution in [0.1, 0.15) is 20.3 Å². The maximum Gasteiger partial charge on any atom is 0.195 e. The fraction of sp³-hybridized carbons (Fsp3) is 0.292. The second-order valence-corrected chi connectivity index (χ2v) is 10.7. The molecule has 2 unspecified atom stereocenters. The number of pyridine rings is 1. The van der Waals surface area contributed by atoms with Crippen molar-refractivity contribution in [2.45, 2.75) is 37.5 Å². The van der Waals surface area contributed by atoms with Crippen molar-refractivity contribution in [1.82, 2.24) is 24.9 Å². The van der Waals surface area contributed by atoms with Gasteiger partial charge in [-0.15, -0.1) is 0 Å². The minimum Gasteiger partial charge on any atom is -0.453 e. The van der Waals surface area contributed by atoms with Gasteiger partial charge in [-0.2, -0.15) is 0 Å². The van der Waals surface area contributed by atoms with Gasteiger partial charge in [-0.3, -0.25) is 9.78 Å². The first-order valence-corrected chi connectivity index (χ1v) is 13.0. The molecule has 0 bridgehead atoms. The van der Waals surface area contributed by atoms with Crippen molar-refractivity contribution in [2.24, 2.45) is 0 Å². The topological polar surface area (TPSA) is 131 Å². The molecule has 1 fully saturated rings. The predicted octanol–water partition coefficient (Wildman–Crippen LogP) is 3.51. The number of fused-ring (bicyclic) bond motifs is 1. The van der Waals surface area contributed by atoms with Crippen LogP contribution in [0.3, 0.4) is 0 Å². The van der Waals surface area contributed by atoms with E-state index < -0.39 is 22.1 Å². The van der Waals surface area contributed by atoms with Gasteiger partial charge in [0.15, 0.2) is 32.2 Å². The summed E-state index contributed by atoms with van der Waals surface area (Å²) in [5.74, 6) is 0.880. The molecule has 1 aliphatic heterocycles. The van der Waals surface area contributed by atoms with Crippen LogP contribution in [0, 0.1) is 0 Å². The van der Waals surface area contributed by atoms with Crippen LogP contribution in [0.2, 0.25) is 0 Å². The Kier molecular flexibility index (Phi) is 6.12. The molecule has 12 heteroatoms. The molecule has 186 valence electrons. The van der Waals surface area contributed by atoms with Gasteiger partial charge in [0, 0.05) is 24.9 Å². The number of hydrogen-bond acceptors (Lipinski definition) is 9. The van der Waals surface area contributed by atoms with Crippen LogP contribution < -0.4 is 9.64 Å². The summed E-state index contributed by atoms with van der Waals surface area (Å²) in [5.41, 5.74) is 2.25. The van der Waals surface area contributed by atoms with Crippen LogP contribution in [0.5, 0.6) is 11.5 Å². The molecule has 2 atom stereocenters. The summed E-state index contributed by atoms with van der Waals surface area (Å²) in [5, 5.41) is -0.0506. The number of anilines is 1. The lowest BCUT2D eigenvalue weighted by Crippen LogP contribution is -2.35. The van der Waals surface area contributed by atoms with Gasteiger partial charge in [0.25, 0.3) is 0 Å². The summed E-state index contributed by atoms with van der Waals surface area (Å²) in [6.45, 7) is 3.01. The summed E-state index contributed by atoms with van der Waals surface area (Å²) in [4.78, 5) is 34.1. The van der Waals surface area contributed by atoms with E-state index in [0.717, 1.165) is 0 Å². The van der Waals surface area contributed by atoms with E-state index in [4.69, 9.17) is 4.74 Å². The van der Waals surface area contributed by atoms with Crippen LogP contribution in [0.25, 0.3) is 22.6 Å². The number of ether oxygens (including phenoxy) is 1. The fourth-order valence-corrected chi connectivity index (χ4v) is 4.98. The van der Waals surface area contributed by atoms with Crippen molar-refractivity contribution in [3.63, 3.8) is 0 Å². The lowest BCUT2D eigenvalue weighted by atomic mass is 10.1. The number of H-pyrrole nitrogens is 1. The summed E-state index contributed by atoms with van der Waals surface area (Å²) < 4.78 is 44.7. The first-order valence-electron chi connectivity index (χ1n) is 11.3. The Labute approximate surface area is 206 Å². The van der Waals surface area contributed by atoms with Gasteiger partial charge < -0.3 is 14.6 Å². The highest BCUT2D eigenvalue weighted by Crippen LogP contribution is 2.40. The van der Waals surface area contributed by atoms with E-state index in [-0.39, 0.29) is 35.3 Å². The fourth-order valence-electron chi connectivity index (χ4n) is 4.20. The number of aromatic amines is 1. The Bertz CT molecular complexity index is 1530. The van der Waals surface area contributed by atoms with E-state index in [2.05, 4.69) is 24.9 Å². The SMILES string of the molecule is CCS(=O)(=O)c1ccc(Oc2cc3nc(-c4cnccn4)[nH]c3cc2N2CC(F)CC2C(C)=O)cn1. The maximum absolute atomic E-state index is 14.4. The molecule has 0 spiro atoms. The standard InChI is InChI=1S/C24H23FN6O4S/c1-3-36(33,34)23-5-4-16(11-28-23)35-22-10-18-17(29-24(30-18)19-12-26-6-7-27-19)9-21(22)31-13-15(25)8-20(31)14(2)32/h4-7,9-12,15,20H,3,8,13H2,1-2H3,(H,29,30). The van der Waals surface area contributed by atoms with E-state index in [1.807, 2.05) is 0 Å². The van der Waals surface area contributed by atoms with Crippen molar-refractivity contribution in [1.29, 1.82) is 0 Å². The lowest BCUT2D eigenvalue weighted by Gasteiger charge is -2.26. The number of imidazole rings is 1. The van der Waals surface area contributed by atoms with Gasteiger partial charge >= 0.3 is 0 Å². The van der Waals surface area contributed by atoms with Crippen molar-refractivity contribution in [3.05, 3.63) is 49.1 Å². The number of Topliss-reactive ketones (excluding diaryl/α,β-unsaturated/α-hetero) is 1. The highest BCUT2D eigenvalue weighted by atomic mass is 32.2. The van der Waals surface area contributed by atoms with Gasteiger partial charge in [-0.05, 0) is 25.1 Å². The van der Waals surface area contributed by atoms with E-state index in [9.17, 15) is 17.6 Å². The Hall–Kier alpha value is -3.93. The second-order valence-electron chi connectivity index (χ2n) is 8.46. The third-order valence-corrected chi connectivity index (χ3v) is 7.67. The summed E-state index contributed by atoms with van der Waals surface area (Å²) in [6.07, 6.45) is 4.93. The molecule has 3 aromatic heterocycles. The minimum atomic E-state index is -3.46. The zero-order chi connectivity index (χ0) is 25.4. The molecule has 1 aromatic carbocycles. The van der Waals surface area contributed by atoms with E-state index >= 15 is 0 Å². The molecule has 4 aromatic rings. The van der Waals surface area contributed by atoms with E-state index in [1.54, 1.807) is 42.5 Å². The third-order valence-electron chi connectivity index (χ3n) is 6.03. The molecule has 4 heterocycles. The molecule has 36 heavy (non-hydrogen) atoms. The Morgan fingerprint density at radius 3 is 2.72 bits per heavy atom. The Morgan fingerprint density at radius 1 is 1.22 bits per heavy atom. The smallest absolute Gasteiger partial charge is 0.195 e. The van der Waals surface area contributed by atoms with Gasteiger partial charge in [0.2, 0.25) is 0 Å². The summed E-state index contributed by atoms with van der Waals surface area (Å²) >= 11 is 0. The van der Waals surface area contributed by atoms with Crippen LogP contribution in [0.15, 0.2) is 54.1 Å². The average Bonchev–Trinajstić information content (AvgIpc) is 3.47. The molecule has 0 aliphatic carbocycles. The number of aromatic nitrogens is 5. The molecule has 1 N–H and O–H groups in total. The number of hydrogen-bond donors (Lipinski definition) is 1. The largest absolute Gasteiger partial charge is 0.453 e. The zero-order valence-corrected chi connectivity index (χ0v) is 20.4. The van der Waals surface area contributed by atoms with E-state index in [0.29, 0.717) is 34.0 Å². The number of rotatable bonds is 7. The van der Waals surface area contributed by atoms with Gasteiger partial charge in [0.05, 0.1) is 47.5 Å². The molecule has 0 saturated carbocycles. The molecule has 1 saturated heterocycles. The number of nitrogens with one attached hydrogen (secondary N) is 1. The lowest BCUT2D eigenvalue weighted by molar-refractivity contribution is -0.118. The molecular formula is C24H23FN6O4S. The zero-order valence-electron chi connectivity index (χ0n) is 19.6. The number of sulfone groups is 1. The monoisotopic (exact) mass is 510 g/mol. The Balaban J connectivity index is 1.59. The maximum atomic E-state index is 14.4. The molecular weight excluding hydrogens is 487 g/mol. The van der Waals surface area contributed by atoms with Crippen molar-refractivity contribution < 1.29 is 22.3 Å². The highest BCUT2D eigenvalue weighted by molar-refractivity contribution is 7.91. The van der Waals surface area contributed by atoms with Crippen LogP contribution >= 0.6 is 0 Å². The Morgan fingerprint density at radius 2 is 2.06 bits per heavy atom. The molecule has 1 aliphatic rings.